The predicted octanol–water partition coefficient (Wildman–Crippen LogP) is 3.90. The van der Waals surface area contributed by atoms with Crippen LogP contribution >= 0.6 is 23.2 Å². The fourth-order valence-corrected chi connectivity index (χ4v) is 4.06. The van der Waals surface area contributed by atoms with E-state index in [0.29, 0.717) is 16.5 Å². The van der Waals surface area contributed by atoms with E-state index in [1.54, 1.807) is 11.0 Å². The van der Waals surface area contributed by atoms with Crippen molar-refractivity contribution in [2.75, 3.05) is 13.6 Å². The molecule has 3 rings (SSSR count). The van der Waals surface area contributed by atoms with Crippen LogP contribution in [0.1, 0.15) is 36.0 Å². The van der Waals surface area contributed by atoms with Crippen LogP contribution in [0.25, 0.3) is 0 Å². The van der Waals surface area contributed by atoms with Gasteiger partial charge in [-0.05, 0) is 43.1 Å². The van der Waals surface area contributed by atoms with Crippen LogP contribution in [0.3, 0.4) is 0 Å². The second-order valence-corrected chi connectivity index (χ2v) is 6.88. The Morgan fingerprint density at radius 1 is 1.40 bits per heavy atom. The highest BCUT2D eigenvalue weighted by Gasteiger charge is 2.40. The summed E-state index contributed by atoms with van der Waals surface area (Å²) in [6, 6.07) is 1.59. The largest absolute Gasteiger partial charge is 0.341 e. The Kier molecular flexibility index (Phi) is 3.91. The molecule has 1 amide bonds. The molecule has 2 fully saturated rings. The summed E-state index contributed by atoms with van der Waals surface area (Å²) in [7, 11) is 1.86. The monoisotopic (exact) mass is 312 g/mol. The number of carbonyl (C=O) groups is 1. The van der Waals surface area contributed by atoms with Crippen molar-refractivity contribution >= 4 is 29.1 Å². The molecule has 1 aromatic rings. The molecular weight excluding hydrogens is 295 g/mol. The molecule has 1 aromatic heterocycles. The van der Waals surface area contributed by atoms with Crippen molar-refractivity contribution in [1.82, 2.24) is 9.88 Å². The molecular formula is C15H18Cl2N2O. The van der Waals surface area contributed by atoms with Crippen LogP contribution in [0.4, 0.5) is 0 Å². The Morgan fingerprint density at radius 3 is 2.80 bits per heavy atom. The number of nitrogens with zero attached hydrogens (tertiary/aromatic N) is 2. The Hall–Kier alpha value is -0.800. The van der Waals surface area contributed by atoms with Gasteiger partial charge in [0.2, 0.25) is 0 Å². The molecule has 2 saturated carbocycles. The van der Waals surface area contributed by atoms with E-state index in [9.17, 15) is 4.79 Å². The zero-order valence-corrected chi connectivity index (χ0v) is 13.0. The number of aromatic nitrogens is 1. The van der Waals surface area contributed by atoms with Crippen molar-refractivity contribution in [1.29, 1.82) is 0 Å². The van der Waals surface area contributed by atoms with Crippen LogP contribution in [0, 0.1) is 17.8 Å². The third-order valence-electron chi connectivity index (χ3n) is 4.78. The highest BCUT2D eigenvalue weighted by Crippen LogP contribution is 2.48. The van der Waals surface area contributed by atoms with Crippen molar-refractivity contribution in [3.8, 4) is 0 Å². The fourth-order valence-electron chi connectivity index (χ4n) is 3.79. The Bertz CT molecular complexity index is 535. The molecule has 2 aliphatic rings. The highest BCUT2D eigenvalue weighted by molar-refractivity contribution is 6.41. The van der Waals surface area contributed by atoms with Gasteiger partial charge in [-0.15, -0.1) is 0 Å². The number of rotatable bonds is 3. The number of hydrogen-bond acceptors (Lipinski definition) is 2. The van der Waals surface area contributed by atoms with Gasteiger partial charge in [0.1, 0.15) is 5.15 Å². The van der Waals surface area contributed by atoms with Crippen molar-refractivity contribution in [3.05, 3.63) is 28.0 Å². The second-order valence-electron chi connectivity index (χ2n) is 6.12. The molecule has 0 aromatic carbocycles. The molecule has 0 spiro atoms. The van der Waals surface area contributed by atoms with Crippen LogP contribution in [-0.4, -0.2) is 29.4 Å². The minimum atomic E-state index is -0.0289. The smallest absolute Gasteiger partial charge is 0.255 e. The number of amides is 1. The van der Waals surface area contributed by atoms with E-state index < -0.39 is 0 Å². The molecule has 108 valence electrons. The van der Waals surface area contributed by atoms with E-state index in [4.69, 9.17) is 23.2 Å². The number of carbonyl (C=O) groups excluding carboxylic acids is 1. The van der Waals surface area contributed by atoms with Crippen molar-refractivity contribution < 1.29 is 4.79 Å². The average Bonchev–Trinajstić information content (AvgIpc) is 3.03. The van der Waals surface area contributed by atoms with Crippen LogP contribution in [0.2, 0.25) is 10.2 Å². The Balaban J connectivity index is 1.65. The lowest BCUT2D eigenvalue weighted by atomic mass is 9.88. The third-order valence-corrected chi connectivity index (χ3v) is 5.47. The first kappa shape index (κ1) is 14.2. The van der Waals surface area contributed by atoms with Crippen molar-refractivity contribution in [2.24, 2.45) is 17.8 Å². The van der Waals surface area contributed by atoms with E-state index in [1.165, 1.54) is 31.9 Å². The molecule has 20 heavy (non-hydrogen) atoms. The lowest BCUT2D eigenvalue weighted by Crippen LogP contribution is -2.33. The summed E-state index contributed by atoms with van der Waals surface area (Å²) in [5.74, 6) is 2.36. The zero-order chi connectivity index (χ0) is 14.3. The maximum Gasteiger partial charge on any atom is 0.255 e. The summed E-state index contributed by atoms with van der Waals surface area (Å²) >= 11 is 11.7. The number of fused-ring (bicyclic) bond motifs is 2. The van der Waals surface area contributed by atoms with Gasteiger partial charge in [0.05, 0.1) is 10.6 Å². The zero-order valence-electron chi connectivity index (χ0n) is 11.5. The lowest BCUT2D eigenvalue weighted by Gasteiger charge is -2.27. The Labute approximate surface area is 129 Å². The Morgan fingerprint density at radius 2 is 2.20 bits per heavy atom. The highest BCUT2D eigenvalue weighted by atomic mass is 35.5. The van der Waals surface area contributed by atoms with Crippen LogP contribution in [0.5, 0.6) is 0 Å². The first-order valence-electron chi connectivity index (χ1n) is 7.11. The van der Waals surface area contributed by atoms with Gasteiger partial charge in [0.15, 0.2) is 0 Å². The minimum absolute atomic E-state index is 0.0289. The molecule has 3 unspecified atom stereocenters. The maximum absolute atomic E-state index is 12.4. The third kappa shape index (κ3) is 2.66. The van der Waals surface area contributed by atoms with Gasteiger partial charge >= 0.3 is 0 Å². The summed E-state index contributed by atoms with van der Waals surface area (Å²) in [5, 5.41) is 0.560. The number of pyridine rings is 1. The number of halogens is 2. The van der Waals surface area contributed by atoms with E-state index in [-0.39, 0.29) is 11.1 Å². The molecule has 0 N–H and O–H groups in total. The topological polar surface area (TPSA) is 33.2 Å². The minimum Gasteiger partial charge on any atom is -0.341 e. The SMILES string of the molecule is CN(CC1CC2CCC1C2)C(=O)c1cnc(Cl)c(Cl)c1. The molecule has 2 bridgehead atoms. The second kappa shape index (κ2) is 5.53. The van der Waals surface area contributed by atoms with Crippen LogP contribution < -0.4 is 0 Å². The molecule has 2 aliphatic carbocycles. The first-order chi connectivity index (χ1) is 9.54. The first-order valence-corrected chi connectivity index (χ1v) is 7.86. The summed E-state index contributed by atoms with van der Waals surface area (Å²) in [5.41, 5.74) is 0.505. The van der Waals surface area contributed by atoms with E-state index in [2.05, 4.69) is 4.98 Å². The van der Waals surface area contributed by atoms with E-state index in [0.717, 1.165) is 18.4 Å². The summed E-state index contributed by atoms with van der Waals surface area (Å²) in [4.78, 5) is 18.1. The van der Waals surface area contributed by atoms with Gasteiger partial charge in [-0.2, -0.15) is 0 Å². The van der Waals surface area contributed by atoms with Gasteiger partial charge in [0, 0.05) is 19.8 Å². The van der Waals surface area contributed by atoms with Gasteiger partial charge in [-0.25, -0.2) is 4.98 Å². The quantitative estimate of drug-likeness (QED) is 0.793. The standard InChI is InChI=1S/C15H18Cl2N2O/c1-19(8-12-5-9-2-3-10(12)4-9)15(20)11-6-13(16)14(17)18-7-11/h6-7,9-10,12H,2-5,8H2,1H3. The summed E-state index contributed by atoms with van der Waals surface area (Å²) in [6.45, 7) is 0.834. The molecule has 0 aliphatic heterocycles. The van der Waals surface area contributed by atoms with E-state index in [1.807, 2.05) is 7.05 Å². The normalized spacial score (nSPS) is 27.9. The molecule has 0 radical (unpaired) electrons. The average molecular weight is 313 g/mol. The number of hydrogen-bond donors (Lipinski definition) is 0. The van der Waals surface area contributed by atoms with Crippen LogP contribution in [0.15, 0.2) is 12.3 Å². The van der Waals surface area contributed by atoms with E-state index >= 15 is 0 Å². The molecule has 0 saturated heterocycles. The van der Waals surface area contributed by atoms with Gasteiger partial charge in [-0.3, -0.25) is 4.79 Å². The van der Waals surface area contributed by atoms with Crippen LogP contribution in [-0.2, 0) is 0 Å². The molecule has 3 nitrogen and oxygen atoms in total. The van der Waals surface area contributed by atoms with Gasteiger partial charge in [0.25, 0.3) is 5.91 Å². The lowest BCUT2D eigenvalue weighted by molar-refractivity contribution is 0.0754. The fraction of sp³-hybridized carbons (Fsp3) is 0.600. The predicted molar refractivity (Wildman–Crippen MR) is 80.2 cm³/mol. The van der Waals surface area contributed by atoms with Gasteiger partial charge in [-0.1, -0.05) is 29.6 Å². The molecule has 3 atom stereocenters. The summed E-state index contributed by atoms with van der Waals surface area (Å²) < 4.78 is 0. The van der Waals surface area contributed by atoms with Crippen molar-refractivity contribution in [3.63, 3.8) is 0 Å². The summed E-state index contributed by atoms with van der Waals surface area (Å²) in [6.07, 6.45) is 6.86. The molecule has 5 heteroatoms. The van der Waals surface area contributed by atoms with Crippen molar-refractivity contribution in [2.45, 2.75) is 25.7 Å². The maximum atomic E-state index is 12.4. The molecule has 1 heterocycles. The van der Waals surface area contributed by atoms with Gasteiger partial charge < -0.3 is 4.90 Å².